The van der Waals surface area contributed by atoms with Crippen molar-refractivity contribution in [3.63, 3.8) is 0 Å². The number of hydrogen-bond acceptors (Lipinski definition) is 1. The highest BCUT2D eigenvalue weighted by molar-refractivity contribution is 5.85. The average molecular weight is 213 g/mol. The quantitative estimate of drug-likeness (QED) is 0.653. The van der Waals surface area contributed by atoms with Gasteiger partial charge in [0.15, 0.2) is 0 Å². The molecule has 0 aromatic rings. The molecule has 0 N–H and O–H groups in total. The lowest BCUT2D eigenvalue weighted by Crippen LogP contribution is -2.33. The highest BCUT2D eigenvalue weighted by Crippen LogP contribution is 2.46. The molecule has 2 nitrogen and oxygen atoms in total. The Morgan fingerprint density at radius 1 is 1.00 bits per heavy atom. The van der Waals surface area contributed by atoms with Crippen LogP contribution in [-0.2, 0) is 4.79 Å². The van der Waals surface area contributed by atoms with Crippen molar-refractivity contribution < 1.29 is 4.79 Å². The number of amides is 1. The van der Waals surface area contributed by atoms with Crippen molar-refractivity contribution in [1.82, 2.24) is 4.90 Å². The first kappa shape index (κ1) is 14.5. The Bertz CT molecular complexity index is 179. The van der Waals surface area contributed by atoms with Crippen LogP contribution in [0.15, 0.2) is 0 Å². The van der Waals surface area contributed by atoms with Crippen LogP contribution in [0.5, 0.6) is 0 Å². The van der Waals surface area contributed by atoms with Crippen molar-refractivity contribution in [2.45, 2.75) is 60.3 Å². The Morgan fingerprint density at radius 2 is 1.40 bits per heavy atom. The fourth-order valence-corrected chi connectivity index (χ4v) is 1.70. The van der Waals surface area contributed by atoms with Gasteiger partial charge in [-0.2, -0.15) is 0 Å². The number of hydrogen-bond donors (Lipinski definition) is 0. The lowest BCUT2D eigenvalue weighted by atomic mass is 10.1. The van der Waals surface area contributed by atoms with Crippen LogP contribution in [0.3, 0.4) is 0 Å². The molecule has 2 fully saturated rings. The summed E-state index contributed by atoms with van der Waals surface area (Å²) in [4.78, 5) is 13.7. The SMILES string of the molecule is CC.CC.CC1(C(=O)N2CCCC2)CC1. The van der Waals surface area contributed by atoms with Crippen LogP contribution in [0.25, 0.3) is 0 Å². The highest BCUT2D eigenvalue weighted by Gasteiger charge is 2.47. The van der Waals surface area contributed by atoms with E-state index in [0.717, 1.165) is 25.9 Å². The van der Waals surface area contributed by atoms with Crippen LogP contribution >= 0.6 is 0 Å². The zero-order valence-corrected chi connectivity index (χ0v) is 11.1. The zero-order chi connectivity index (χ0) is 11.9. The van der Waals surface area contributed by atoms with Gasteiger partial charge in [0, 0.05) is 18.5 Å². The largest absolute Gasteiger partial charge is 0.342 e. The number of nitrogens with zero attached hydrogens (tertiary/aromatic N) is 1. The molecule has 90 valence electrons. The molecular formula is C13H27NO. The van der Waals surface area contributed by atoms with Gasteiger partial charge in [0.2, 0.25) is 5.91 Å². The summed E-state index contributed by atoms with van der Waals surface area (Å²) in [5, 5.41) is 0. The van der Waals surface area contributed by atoms with E-state index in [4.69, 9.17) is 0 Å². The molecule has 15 heavy (non-hydrogen) atoms. The molecule has 1 saturated heterocycles. The first-order chi connectivity index (χ1) is 7.22. The van der Waals surface area contributed by atoms with Gasteiger partial charge in [-0.05, 0) is 25.7 Å². The molecule has 0 spiro atoms. The van der Waals surface area contributed by atoms with Crippen molar-refractivity contribution in [2.24, 2.45) is 5.41 Å². The molecule has 2 rings (SSSR count). The minimum Gasteiger partial charge on any atom is -0.342 e. The lowest BCUT2D eigenvalue weighted by Gasteiger charge is -2.19. The molecule has 1 saturated carbocycles. The van der Waals surface area contributed by atoms with Crippen LogP contribution in [0, 0.1) is 5.41 Å². The summed E-state index contributed by atoms with van der Waals surface area (Å²) in [5.74, 6) is 0.412. The second-order valence-electron chi connectivity index (χ2n) is 4.06. The Labute approximate surface area is 95.0 Å². The van der Waals surface area contributed by atoms with Gasteiger partial charge in [-0.25, -0.2) is 0 Å². The molecular weight excluding hydrogens is 186 g/mol. The van der Waals surface area contributed by atoms with E-state index in [-0.39, 0.29) is 5.41 Å². The van der Waals surface area contributed by atoms with Gasteiger partial charge in [-0.15, -0.1) is 0 Å². The molecule has 0 radical (unpaired) electrons. The maximum Gasteiger partial charge on any atom is 0.228 e. The third-order valence-corrected chi connectivity index (χ3v) is 2.91. The molecule has 1 amide bonds. The van der Waals surface area contributed by atoms with Crippen molar-refractivity contribution >= 4 is 5.91 Å². The third-order valence-electron chi connectivity index (χ3n) is 2.91. The van der Waals surface area contributed by atoms with E-state index in [1.54, 1.807) is 0 Å². The summed E-state index contributed by atoms with van der Waals surface area (Å²) < 4.78 is 0. The van der Waals surface area contributed by atoms with Crippen LogP contribution in [0.1, 0.15) is 60.3 Å². The van der Waals surface area contributed by atoms with E-state index >= 15 is 0 Å². The molecule has 2 heteroatoms. The molecule has 1 heterocycles. The van der Waals surface area contributed by atoms with Crippen molar-refractivity contribution in [3.8, 4) is 0 Å². The molecule has 1 aliphatic carbocycles. The normalized spacial score (nSPS) is 20.7. The van der Waals surface area contributed by atoms with Gasteiger partial charge in [0.25, 0.3) is 0 Å². The van der Waals surface area contributed by atoms with Crippen molar-refractivity contribution in [2.75, 3.05) is 13.1 Å². The van der Waals surface area contributed by atoms with Crippen molar-refractivity contribution in [1.29, 1.82) is 0 Å². The van der Waals surface area contributed by atoms with Crippen molar-refractivity contribution in [3.05, 3.63) is 0 Å². The number of likely N-dealkylation sites (tertiary alicyclic amines) is 1. The average Bonchev–Trinajstić information content (AvgIpc) is 2.87. The topological polar surface area (TPSA) is 20.3 Å². The minimum absolute atomic E-state index is 0.0599. The van der Waals surface area contributed by atoms with E-state index < -0.39 is 0 Å². The standard InChI is InChI=1S/C9H15NO.2C2H6/c1-9(4-5-9)8(11)10-6-2-3-7-10;2*1-2/h2-7H2,1H3;2*1-2H3. The summed E-state index contributed by atoms with van der Waals surface area (Å²) in [6.07, 6.45) is 4.65. The lowest BCUT2D eigenvalue weighted by molar-refractivity contribution is -0.135. The van der Waals surface area contributed by atoms with Gasteiger partial charge in [0.05, 0.1) is 0 Å². The number of carbonyl (C=O) groups is 1. The highest BCUT2D eigenvalue weighted by atomic mass is 16.2. The fourth-order valence-electron chi connectivity index (χ4n) is 1.70. The number of carbonyl (C=O) groups excluding carboxylic acids is 1. The van der Waals surface area contributed by atoms with E-state index in [1.807, 2.05) is 32.6 Å². The zero-order valence-electron chi connectivity index (χ0n) is 11.1. The summed E-state index contributed by atoms with van der Waals surface area (Å²) >= 11 is 0. The first-order valence-corrected chi connectivity index (χ1v) is 6.52. The maximum atomic E-state index is 11.7. The van der Waals surface area contributed by atoms with Gasteiger partial charge >= 0.3 is 0 Å². The summed E-state index contributed by atoms with van der Waals surface area (Å²) in [5.41, 5.74) is 0.0599. The summed E-state index contributed by atoms with van der Waals surface area (Å²) in [6.45, 7) is 12.1. The van der Waals surface area contributed by atoms with E-state index in [2.05, 4.69) is 6.92 Å². The van der Waals surface area contributed by atoms with E-state index in [1.165, 1.54) is 12.8 Å². The summed E-state index contributed by atoms with van der Waals surface area (Å²) in [6, 6.07) is 0. The summed E-state index contributed by atoms with van der Waals surface area (Å²) in [7, 11) is 0. The van der Waals surface area contributed by atoms with Gasteiger partial charge in [-0.3, -0.25) is 4.79 Å². The van der Waals surface area contributed by atoms with E-state index in [9.17, 15) is 4.79 Å². The van der Waals surface area contributed by atoms with Crippen LogP contribution < -0.4 is 0 Å². The molecule has 0 unspecified atom stereocenters. The van der Waals surface area contributed by atoms with Crippen LogP contribution in [-0.4, -0.2) is 23.9 Å². The molecule has 0 aromatic carbocycles. The number of rotatable bonds is 1. The second-order valence-corrected chi connectivity index (χ2v) is 4.06. The predicted molar refractivity (Wildman–Crippen MR) is 65.9 cm³/mol. The maximum absolute atomic E-state index is 11.7. The molecule has 1 aliphatic heterocycles. The van der Waals surface area contributed by atoms with Gasteiger partial charge in [0.1, 0.15) is 0 Å². The van der Waals surface area contributed by atoms with Crippen LogP contribution in [0.4, 0.5) is 0 Å². The fraction of sp³-hybridized carbons (Fsp3) is 0.923. The van der Waals surface area contributed by atoms with E-state index in [0.29, 0.717) is 5.91 Å². The smallest absolute Gasteiger partial charge is 0.228 e. The monoisotopic (exact) mass is 213 g/mol. The predicted octanol–water partition coefficient (Wildman–Crippen LogP) is 3.46. The van der Waals surface area contributed by atoms with Gasteiger partial charge < -0.3 is 4.90 Å². The second kappa shape index (κ2) is 6.86. The Balaban J connectivity index is 0.000000442. The molecule has 0 atom stereocenters. The Kier molecular flexibility index (Phi) is 6.62. The van der Waals surface area contributed by atoms with Gasteiger partial charge in [-0.1, -0.05) is 34.6 Å². The molecule has 2 aliphatic rings. The Hall–Kier alpha value is -0.530. The Morgan fingerprint density at radius 3 is 1.73 bits per heavy atom. The third kappa shape index (κ3) is 3.84. The minimum atomic E-state index is 0.0599. The van der Waals surface area contributed by atoms with Crippen LogP contribution in [0.2, 0.25) is 0 Å². The first-order valence-electron chi connectivity index (χ1n) is 6.52. The molecule has 0 bridgehead atoms. The molecule has 0 aromatic heterocycles.